The first-order chi connectivity index (χ1) is 6.88. The van der Waals surface area contributed by atoms with E-state index in [4.69, 9.17) is 5.84 Å². The third kappa shape index (κ3) is 2.71. The minimum Gasteiger partial charge on any atom is -0.353 e. The van der Waals surface area contributed by atoms with Gasteiger partial charge in [0.2, 0.25) is 5.96 Å². The Morgan fingerprint density at radius 2 is 2.50 bits per heavy atom. The summed E-state index contributed by atoms with van der Waals surface area (Å²) in [6.07, 6.45) is 2.44. The number of nitrogens with two attached hydrogens (primary N) is 1. The number of hydrogen-bond donors (Lipinski definition) is 3. The summed E-state index contributed by atoms with van der Waals surface area (Å²) in [5.74, 6) is 6.04. The van der Waals surface area contributed by atoms with E-state index in [2.05, 4.69) is 27.2 Å². The maximum atomic E-state index is 5.35. The van der Waals surface area contributed by atoms with Crippen LogP contribution in [-0.4, -0.2) is 12.0 Å². The number of hydrogen-bond acceptors (Lipinski definition) is 3. The Morgan fingerprint density at radius 3 is 3.07 bits per heavy atom. The summed E-state index contributed by atoms with van der Waals surface area (Å²) in [6, 6.07) is 4.67. The van der Waals surface area contributed by atoms with Gasteiger partial charge in [0, 0.05) is 10.9 Å². The van der Waals surface area contributed by atoms with Crippen LogP contribution in [0, 0.1) is 0 Å². The first-order valence-corrected chi connectivity index (χ1v) is 5.56. The molecule has 76 valence electrons. The van der Waals surface area contributed by atoms with Crippen molar-refractivity contribution in [1.82, 2.24) is 10.7 Å². The highest BCUT2D eigenvalue weighted by molar-refractivity contribution is 7.09. The minimum atomic E-state index is 0.577. The smallest absolute Gasteiger partial charge is 0.206 e. The van der Waals surface area contributed by atoms with Crippen LogP contribution in [-0.2, 0) is 6.54 Å². The summed E-state index contributed by atoms with van der Waals surface area (Å²) >= 11 is 1.71. The molecule has 4 nitrogen and oxygen atoms in total. The maximum Gasteiger partial charge on any atom is 0.206 e. The van der Waals surface area contributed by atoms with Gasteiger partial charge in [-0.25, -0.2) is 10.8 Å². The number of guanidine groups is 1. The highest BCUT2D eigenvalue weighted by Crippen LogP contribution is 2.18. The summed E-state index contributed by atoms with van der Waals surface area (Å²) in [7, 11) is 0. The van der Waals surface area contributed by atoms with Crippen LogP contribution in [0.4, 0.5) is 0 Å². The van der Waals surface area contributed by atoms with Crippen LogP contribution in [0.3, 0.4) is 0 Å². The van der Waals surface area contributed by atoms with Crippen molar-refractivity contribution >= 4 is 17.3 Å². The van der Waals surface area contributed by atoms with E-state index in [0.29, 0.717) is 18.5 Å². The zero-order valence-corrected chi connectivity index (χ0v) is 8.68. The lowest BCUT2D eigenvalue weighted by Crippen LogP contribution is -2.42. The predicted molar refractivity (Wildman–Crippen MR) is 58.9 cm³/mol. The molecule has 0 unspecified atom stereocenters. The van der Waals surface area contributed by atoms with Gasteiger partial charge in [-0.1, -0.05) is 6.07 Å². The second-order valence-corrected chi connectivity index (χ2v) is 4.34. The van der Waals surface area contributed by atoms with Crippen molar-refractivity contribution in [3.63, 3.8) is 0 Å². The molecule has 5 heteroatoms. The van der Waals surface area contributed by atoms with Crippen LogP contribution in [0.1, 0.15) is 17.7 Å². The van der Waals surface area contributed by atoms with Crippen LogP contribution >= 0.6 is 11.3 Å². The number of aliphatic imine (C=N–C) groups is 1. The van der Waals surface area contributed by atoms with E-state index in [0.717, 1.165) is 0 Å². The molecule has 0 aromatic carbocycles. The van der Waals surface area contributed by atoms with Gasteiger partial charge in [-0.15, -0.1) is 11.3 Å². The van der Waals surface area contributed by atoms with Gasteiger partial charge in [-0.3, -0.25) is 5.43 Å². The van der Waals surface area contributed by atoms with E-state index in [1.54, 1.807) is 11.3 Å². The van der Waals surface area contributed by atoms with Gasteiger partial charge in [0.1, 0.15) is 0 Å². The standard InChI is InChI=1S/C9H14N4S/c10-13-9(12-7-3-4-7)11-6-8-2-1-5-14-8/h1-2,5,7H,3-4,6,10H2,(H2,11,12,13). The van der Waals surface area contributed by atoms with E-state index >= 15 is 0 Å². The molecule has 0 spiro atoms. The second kappa shape index (κ2) is 4.43. The molecule has 1 saturated carbocycles. The van der Waals surface area contributed by atoms with Crippen molar-refractivity contribution in [3.8, 4) is 0 Å². The molecule has 2 rings (SSSR count). The van der Waals surface area contributed by atoms with E-state index < -0.39 is 0 Å². The molecule has 0 atom stereocenters. The highest BCUT2D eigenvalue weighted by Gasteiger charge is 2.21. The van der Waals surface area contributed by atoms with Crippen LogP contribution in [0.5, 0.6) is 0 Å². The topological polar surface area (TPSA) is 62.4 Å². The maximum absolute atomic E-state index is 5.35. The average molecular weight is 210 g/mol. The lowest BCUT2D eigenvalue weighted by molar-refractivity contribution is 0.822. The molecule has 1 aliphatic carbocycles. The van der Waals surface area contributed by atoms with Crippen LogP contribution in [0.25, 0.3) is 0 Å². The van der Waals surface area contributed by atoms with Crippen molar-refractivity contribution in [2.75, 3.05) is 0 Å². The van der Waals surface area contributed by atoms with E-state index in [-0.39, 0.29) is 0 Å². The molecule has 1 aliphatic rings. The Kier molecular flexibility index (Phi) is 3.00. The molecule has 0 radical (unpaired) electrons. The van der Waals surface area contributed by atoms with Crippen LogP contribution < -0.4 is 16.6 Å². The van der Waals surface area contributed by atoms with Crippen molar-refractivity contribution in [3.05, 3.63) is 22.4 Å². The molecule has 0 bridgehead atoms. The van der Waals surface area contributed by atoms with Gasteiger partial charge in [0.25, 0.3) is 0 Å². The number of rotatable bonds is 3. The molecule has 1 aromatic rings. The lowest BCUT2D eigenvalue weighted by Gasteiger charge is -2.06. The number of thiophene rings is 1. The highest BCUT2D eigenvalue weighted by atomic mass is 32.1. The summed E-state index contributed by atoms with van der Waals surface area (Å²) in [4.78, 5) is 5.59. The van der Waals surface area contributed by atoms with Gasteiger partial charge < -0.3 is 5.32 Å². The summed E-state index contributed by atoms with van der Waals surface area (Å²) < 4.78 is 0. The zero-order valence-electron chi connectivity index (χ0n) is 7.86. The summed E-state index contributed by atoms with van der Waals surface area (Å²) in [5.41, 5.74) is 2.58. The number of nitrogens with zero attached hydrogens (tertiary/aromatic N) is 1. The molecule has 0 saturated heterocycles. The fourth-order valence-electron chi connectivity index (χ4n) is 1.11. The Labute approximate surface area is 87.2 Å². The van der Waals surface area contributed by atoms with Gasteiger partial charge in [-0.05, 0) is 24.3 Å². The number of hydrazine groups is 1. The summed E-state index contributed by atoms with van der Waals surface area (Å²) in [6.45, 7) is 0.691. The first-order valence-electron chi connectivity index (χ1n) is 4.68. The van der Waals surface area contributed by atoms with Gasteiger partial charge in [0.15, 0.2) is 0 Å². The summed E-state index contributed by atoms with van der Waals surface area (Å²) in [5, 5.41) is 5.27. The first kappa shape index (κ1) is 9.48. The predicted octanol–water partition coefficient (Wildman–Crippen LogP) is 0.819. The van der Waals surface area contributed by atoms with Crippen molar-refractivity contribution in [2.45, 2.75) is 25.4 Å². The number of nitrogens with one attached hydrogen (secondary N) is 2. The minimum absolute atomic E-state index is 0.577. The van der Waals surface area contributed by atoms with Crippen molar-refractivity contribution in [1.29, 1.82) is 0 Å². The molecule has 4 N–H and O–H groups in total. The molecular formula is C9H14N4S. The fourth-order valence-corrected chi connectivity index (χ4v) is 1.74. The SMILES string of the molecule is NNC(=NCc1cccs1)NC1CC1. The monoisotopic (exact) mass is 210 g/mol. The zero-order chi connectivity index (χ0) is 9.80. The Morgan fingerprint density at radius 1 is 1.64 bits per heavy atom. The molecule has 0 amide bonds. The Balaban J connectivity index is 1.86. The fraction of sp³-hybridized carbons (Fsp3) is 0.444. The van der Waals surface area contributed by atoms with E-state index in [1.807, 2.05) is 6.07 Å². The second-order valence-electron chi connectivity index (χ2n) is 3.31. The van der Waals surface area contributed by atoms with E-state index in [9.17, 15) is 0 Å². The molecular weight excluding hydrogens is 196 g/mol. The quantitative estimate of drug-likeness (QED) is 0.299. The largest absolute Gasteiger partial charge is 0.353 e. The molecule has 0 aliphatic heterocycles. The normalized spacial score (nSPS) is 16.8. The van der Waals surface area contributed by atoms with Crippen LogP contribution in [0.2, 0.25) is 0 Å². The Hall–Kier alpha value is -1.07. The molecule has 1 aromatic heterocycles. The van der Waals surface area contributed by atoms with Gasteiger partial charge in [0.05, 0.1) is 6.54 Å². The third-order valence-electron chi connectivity index (χ3n) is 2.03. The van der Waals surface area contributed by atoms with Crippen molar-refractivity contribution in [2.24, 2.45) is 10.8 Å². The van der Waals surface area contributed by atoms with Crippen LogP contribution in [0.15, 0.2) is 22.5 Å². The molecule has 1 heterocycles. The lowest BCUT2D eigenvalue weighted by atomic mass is 10.5. The van der Waals surface area contributed by atoms with Crippen molar-refractivity contribution < 1.29 is 0 Å². The molecule has 14 heavy (non-hydrogen) atoms. The van der Waals surface area contributed by atoms with Gasteiger partial charge in [-0.2, -0.15) is 0 Å². The third-order valence-corrected chi connectivity index (χ3v) is 2.89. The Bertz CT molecular complexity index is 303. The van der Waals surface area contributed by atoms with Gasteiger partial charge >= 0.3 is 0 Å². The average Bonchev–Trinajstić information content (AvgIpc) is 2.86. The van der Waals surface area contributed by atoms with E-state index in [1.165, 1.54) is 17.7 Å². The molecule has 1 fully saturated rings.